The Morgan fingerprint density at radius 2 is 1.67 bits per heavy atom. The van der Waals surface area contributed by atoms with Crippen molar-refractivity contribution in [3.63, 3.8) is 0 Å². The summed E-state index contributed by atoms with van der Waals surface area (Å²) >= 11 is 0. The Hall–Kier alpha value is -2.69. The number of aromatic hydroxyl groups is 2. The first-order valence-electron chi connectivity index (χ1n) is 6.51. The molecule has 2 aromatic carbocycles. The third-order valence-corrected chi connectivity index (χ3v) is 4.02. The predicted octanol–water partition coefficient (Wildman–Crippen LogP) is 2.86. The first kappa shape index (κ1) is 13.3. The summed E-state index contributed by atoms with van der Waals surface area (Å²) in [5, 5.41) is 20.4. The van der Waals surface area contributed by atoms with E-state index < -0.39 is 5.75 Å². The Morgan fingerprint density at radius 1 is 1.00 bits per heavy atom. The Kier molecular flexibility index (Phi) is 2.63. The average Bonchev–Trinajstić information content (AvgIpc) is 2.46. The fourth-order valence-corrected chi connectivity index (χ4v) is 2.53. The highest BCUT2D eigenvalue weighted by Gasteiger charge is 2.21. The van der Waals surface area contributed by atoms with E-state index in [2.05, 4.69) is 0 Å². The summed E-state index contributed by atoms with van der Waals surface area (Å²) in [4.78, 5) is 12.6. The first-order valence-corrected chi connectivity index (χ1v) is 6.51. The second-order valence-corrected chi connectivity index (χ2v) is 5.26. The smallest absolute Gasteiger partial charge is 0.204 e. The van der Waals surface area contributed by atoms with Gasteiger partial charge in [-0.15, -0.1) is 0 Å². The van der Waals surface area contributed by atoms with Gasteiger partial charge in [-0.25, -0.2) is 0 Å². The Morgan fingerprint density at radius 3 is 2.33 bits per heavy atom. The number of hydrogen-bond acceptors (Lipinski definition) is 5. The standard InChI is InChI=1S/C16H15NO4/c1-6-4-5-9-13(19)10-14(20)11(17)12(18)8(3)16(10)21-15(9)7(6)2/h4-5,18,20H,17H2,1-3H3. The highest BCUT2D eigenvalue weighted by atomic mass is 16.3. The third kappa shape index (κ3) is 1.60. The number of phenols is 2. The van der Waals surface area contributed by atoms with Gasteiger partial charge in [-0.1, -0.05) is 6.07 Å². The fraction of sp³-hybridized carbons (Fsp3) is 0.188. The van der Waals surface area contributed by atoms with Gasteiger partial charge in [0.25, 0.3) is 0 Å². The van der Waals surface area contributed by atoms with E-state index in [1.54, 1.807) is 13.0 Å². The molecule has 5 nitrogen and oxygen atoms in total. The largest absolute Gasteiger partial charge is 0.505 e. The van der Waals surface area contributed by atoms with Crippen LogP contribution < -0.4 is 11.2 Å². The molecule has 0 unspecified atom stereocenters. The van der Waals surface area contributed by atoms with Gasteiger partial charge >= 0.3 is 0 Å². The van der Waals surface area contributed by atoms with Crippen molar-refractivity contribution in [3.8, 4) is 11.5 Å². The van der Waals surface area contributed by atoms with Crippen LogP contribution in [-0.2, 0) is 0 Å². The molecule has 0 aliphatic rings. The molecule has 108 valence electrons. The Bertz CT molecular complexity index is 970. The highest BCUT2D eigenvalue weighted by molar-refractivity contribution is 6.00. The monoisotopic (exact) mass is 285 g/mol. The number of rotatable bonds is 0. The Labute approximate surface area is 120 Å². The van der Waals surface area contributed by atoms with Crippen molar-refractivity contribution in [2.24, 2.45) is 0 Å². The molecule has 4 N–H and O–H groups in total. The van der Waals surface area contributed by atoms with Crippen molar-refractivity contribution in [2.75, 3.05) is 5.73 Å². The maximum atomic E-state index is 12.6. The fourth-order valence-electron chi connectivity index (χ4n) is 2.53. The molecule has 3 aromatic rings. The molecule has 1 aromatic heterocycles. The van der Waals surface area contributed by atoms with Crippen LogP contribution in [0.5, 0.6) is 11.5 Å². The zero-order chi connectivity index (χ0) is 15.5. The Balaban J connectivity index is 2.71. The molecule has 0 bridgehead atoms. The summed E-state index contributed by atoms with van der Waals surface area (Å²) in [5.41, 5.74) is 7.85. The van der Waals surface area contributed by atoms with Gasteiger partial charge in [0.1, 0.15) is 28.0 Å². The zero-order valence-electron chi connectivity index (χ0n) is 11.9. The number of phenolic OH excluding ortho intramolecular Hbond substituents is 2. The molecule has 0 saturated carbocycles. The van der Waals surface area contributed by atoms with Crippen LogP contribution in [0.3, 0.4) is 0 Å². The van der Waals surface area contributed by atoms with E-state index in [-0.39, 0.29) is 27.8 Å². The first-order chi connectivity index (χ1) is 9.84. The topological polar surface area (TPSA) is 96.7 Å². The summed E-state index contributed by atoms with van der Waals surface area (Å²) in [7, 11) is 0. The molecule has 3 rings (SSSR count). The van der Waals surface area contributed by atoms with Crippen LogP contribution in [-0.4, -0.2) is 10.2 Å². The lowest BCUT2D eigenvalue weighted by atomic mass is 10.0. The molecule has 0 saturated heterocycles. The number of aryl methyl sites for hydroxylation is 3. The number of benzene rings is 2. The van der Waals surface area contributed by atoms with E-state index in [0.29, 0.717) is 16.5 Å². The molecule has 1 heterocycles. The van der Waals surface area contributed by atoms with Gasteiger partial charge < -0.3 is 20.4 Å². The summed E-state index contributed by atoms with van der Waals surface area (Å²) in [6.07, 6.45) is 0. The predicted molar refractivity (Wildman–Crippen MR) is 81.9 cm³/mol. The van der Waals surface area contributed by atoms with E-state index >= 15 is 0 Å². The molecule has 0 aliphatic heterocycles. The molecule has 0 amide bonds. The van der Waals surface area contributed by atoms with Crippen molar-refractivity contribution in [3.05, 3.63) is 39.0 Å². The van der Waals surface area contributed by atoms with Gasteiger partial charge in [0.2, 0.25) is 5.43 Å². The number of hydrogen-bond donors (Lipinski definition) is 3. The second kappa shape index (κ2) is 4.15. The minimum atomic E-state index is -0.443. The van der Waals surface area contributed by atoms with Gasteiger partial charge in [-0.3, -0.25) is 4.79 Å². The molecule has 0 radical (unpaired) electrons. The molecule has 0 fully saturated rings. The van der Waals surface area contributed by atoms with Gasteiger partial charge in [0.15, 0.2) is 5.75 Å². The van der Waals surface area contributed by atoms with Crippen LogP contribution in [0.15, 0.2) is 21.3 Å². The lowest BCUT2D eigenvalue weighted by Crippen LogP contribution is -2.06. The summed E-state index contributed by atoms with van der Waals surface area (Å²) in [5.74, 6) is -0.713. The number of fused-ring (bicyclic) bond motifs is 2. The average molecular weight is 285 g/mol. The van der Waals surface area contributed by atoms with E-state index in [4.69, 9.17) is 10.2 Å². The van der Waals surface area contributed by atoms with Crippen LogP contribution in [0.2, 0.25) is 0 Å². The van der Waals surface area contributed by atoms with E-state index in [1.165, 1.54) is 0 Å². The van der Waals surface area contributed by atoms with Crippen LogP contribution in [0, 0.1) is 20.8 Å². The molecule has 0 spiro atoms. The van der Waals surface area contributed by atoms with Crippen LogP contribution in [0.4, 0.5) is 5.69 Å². The van der Waals surface area contributed by atoms with Gasteiger partial charge in [0.05, 0.1) is 5.39 Å². The van der Waals surface area contributed by atoms with Crippen LogP contribution in [0.25, 0.3) is 21.9 Å². The highest BCUT2D eigenvalue weighted by Crippen LogP contribution is 2.41. The van der Waals surface area contributed by atoms with Crippen LogP contribution in [0.1, 0.15) is 16.7 Å². The number of anilines is 1. The van der Waals surface area contributed by atoms with Crippen molar-refractivity contribution in [1.82, 2.24) is 0 Å². The summed E-state index contributed by atoms with van der Waals surface area (Å²) in [6, 6.07) is 3.49. The second-order valence-electron chi connectivity index (χ2n) is 5.26. The number of nitrogen functional groups attached to an aromatic ring is 1. The molecular formula is C16H15NO4. The lowest BCUT2D eigenvalue weighted by Gasteiger charge is -2.12. The zero-order valence-corrected chi connectivity index (χ0v) is 11.9. The van der Waals surface area contributed by atoms with Gasteiger partial charge in [-0.2, -0.15) is 0 Å². The van der Waals surface area contributed by atoms with Gasteiger partial charge in [0, 0.05) is 5.56 Å². The maximum absolute atomic E-state index is 12.6. The summed E-state index contributed by atoms with van der Waals surface area (Å²) < 4.78 is 5.81. The lowest BCUT2D eigenvalue weighted by molar-refractivity contribution is 0.454. The normalized spacial score (nSPS) is 11.4. The van der Waals surface area contributed by atoms with E-state index in [9.17, 15) is 15.0 Å². The van der Waals surface area contributed by atoms with Crippen molar-refractivity contribution in [1.29, 1.82) is 0 Å². The molecular weight excluding hydrogens is 270 g/mol. The van der Waals surface area contributed by atoms with Crippen molar-refractivity contribution < 1.29 is 14.6 Å². The SMILES string of the molecule is Cc1ccc2c(=O)c3c(O)c(N)c(O)c(C)c3oc2c1C. The van der Waals surface area contributed by atoms with Crippen LogP contribution >= 0.6 is 0 Å². The molecule has 21 heavy (non-hydrogen) atoms. The quantitative estimate of drug-likeness (QED) is 0.335. The van der Waals surface area contributed by atoms with Crippen molar-refractivity contribution >= 4 is 27.6 Å². The summed E-state index contributed by atoms with van der Waals surface area (Å²) in [6.45, 7) is 5.37. The molecule has 0 atom stereocenters. The maximum Gasteiger partial charge on any atom is 0.204 e. The van der Waals surface area contributed by atoms with Crippen molar-refractivity contribution in [2.45, 2.75) is 20.8 Å². The third-order valence-electron chi connectivity index (χ3n) is 4.02. The van der Waals surface area contributed by atoms with E-state index in [1.807, 2.05) is 19.9 Å². The molecule has 5 heteroatoms. The van der Waals surface area contributed by atoms with E-state index in [0.717, 1.165) is 11.1 Å². The minimum absolute atomic E-state index is 0.00134. The minimum Gasteiger partial charge on any atom is -0.505 e. The molecule has 0 aliphatic carbocycles. The number of nitrogens with two attached hydrogens (primary N) is 1. The van der Waals surface area contributed by atoms with Gasteiger partial charge in [-0.05, 0) is 38.0 Å².